The summed E-state index contributed by atoms with van der Waals surface area (Å²) in [5.41, 5.74) is 0.0699. The number of likely N-dealkylation sites (tertiary alicyclic amines) is 1. The average Bonchev–Trinajstić information content (AvgIpc) is 2.95. The number of ether oxygens (including phenoxy) is 3. The molecule has 1 aliphatic heterocycles. The molecular formula is C35H35F3N2O5. The normalized spacial score (nSPS) is 14.5. The Morgan fingerprint density at radius 2 is 1.62 bits per heavy atom. The molecule has 0 aromatic heterocycles. The van der Waals surface area contributed by atoms with Crippen molar-refractivity contribution < 1.29 is 37.0 Å². The number of nitrogens with zero attached hydrogens (tertiary/aromatic N) is 1. The zero-order valence-electron chi connectivity index (χ0n) is 25.3. The first-order valence-electron chi connectivity index (χ1n) is 14.6. The molecule has 0 unspecified atom stereocenters. The predicted molar refractivity (Wildman–Crippen MR) is 164 cm³/mol. The number of fused-ring (bicyclic) bond motifs is 1. The highest BCUT2D eigenvalue weighted by Crippen LogP contribution is 2.34. The van der Waals surface area contributed by atoms with E-state index in [1.807, 2.05) is 57.2 Å². The van der Waals surface area contributed by atoms with Crippen molar-refractivity contribution >= 4 is 22.8 Å². The van der Waals surface area contributed by atoms with Gasteiger partial charge in [-0.2, -0.15) is 13.2 Å². The zero-order chi connectivity index (χ0) is 32.2. The van der Waals surface area contributed by atoms with E-state index in [2.05, 4.69) is 5.32 Å². The predicted octanol–water partition coefficient (Wildman–Crippen LogP) is 7.83. The van der Waals surface area contributed by atoms with E-state index in [1.165, 1.54) is 12.1 Å². The summed E-state index contributed by atoms with van der Waals surface area (Å²) in [5, 5.41) is 4.52. The van der Waals surface area contributed by atoms with Crippen molar-refractivity contribution in [2.45, 2.75) is 45.2 Å². The number of rotatable bonds is 9. The van der Waals surface area contributed by atoms with E-state index in [1.54, 1.807) is 35.2 Å². The minimum atomic E-state index is -4.43. The Kier molecular flexibility index (Phi) is 9.34. The van der Waals surface area contributed by atoms with Gasteiger partial charge in [-0.15, -0.1) is 0 Å². The number of carbonyl (C=O) groups is 2. The fourth-order valence-electron chi connectivity index (χ4n) is 4.99. The highest BCUT2D eigenvalue weighted by Gasteiger charge is 2.39. The van der Waals surface area contributed by atoms with Crippen LogP contribution in [0.5, 0.6) is 11.5 Å². The molecule has 0 radical (unpaired) electrons. The van der Waals surface area contributed by atoms with Crippen molar-refractivity contribution in [1.29, 1.82) is 0 Å². The number of alkyl halides is 3. The molecule has 7 nitrogen and oxygen atoms in total. The lowest BCUT2D eigenvalue weighted by atomic mass is 9.92. The van der Waals surface area contributed by atoms with Crippen LogP contribution in [0.25, 0.3) is 10.8 Å². The number of hydrogen-bond donors (Lipinski definition) is 1. The van der Waals surface area contributed by atoms with Gasteiger partial charge in [-0.1, -0.05) is 42.5 Å². The van der Waals surface area contributed by atoms with Gasteiger partial charge in [0, 0.05) is 30.0 Å². The fraction of sp³-hybridized carbons (Fsp3) is 0.314. The smallest absolute Gasteiger partial charge is 0.416 e. The maximum absolute atomic E-state index is 13.5. The van der Waals surface area contributed by atoms with Crippen molar-refractivity contribution in [2.24, 2.45) is 5.92 Å². The van der Waals surface area contributed by atoms with Gasteiger partial charge in [0.25, 0.3) is 5.91 Å². The molecule has 45 heavy (non-hydrogen) atoms. The van der Waals surface area contributed by atoms with Crippen molar-refractivity contribution in [2.75, 3.05) is 19.7 Å². The maximum atomic E-state index is 13.5. The van der Waals surface area contributed by atoms with Crippen LogP contribution in [0.3, 0.4) is 0 Å². The molecule has 0 bridgehead atoms. The molecule has 4 aromatic rings. The van der Waals surface area contributed by atoms with Crippen molar-refractivity contribution in [3.05, 3.63) is 108 Å². The van der Waals surface area contributed by atoms with Crippen LogP contribution < -0.4 is 10.1 Å². The second-order valence-corrected chi connectivity index (χ2v) is 12.0. The highest BCUT2D eigenvalue weighted by atomic mass is 19.4. The molecule has 2 amide bonds. The lowest BCUT2D eigenvalue weighted by molar-refractivity contribution is -0.137. The first-order valence-corrected chi connectivity index (χ1v) is 14.6. The van der Waals surface area contributed by atoms with Gasteiger partial charge in [-0.05, 0) is 80.3 Å². The Morgan fingerprint density at radius 1 is 0.911 bits per heavy atom. The lowest BCUT2D eigenvalue weighted by Crippen LogP contribution is -2.60. The monoisotopic (exact) mass is 620 g/mol. The summed E-state index contributed by atoms with van der Waals surface area (Å²) in [7, 11) is 0. The van der Waals surface area contributed by atoms with Crippen molar-refractivity contribution in [3.8, 4) is 11.5 Å². The third kappa shape index (κ3) is 8.33. The number of benzene rings is 4. The minimum absolute atomic E-state index is 0.0264. The molecule has 1 fully saturated rings. The zero-order valence-corrected chi connectivity index (χ0v) is 25.3. The van der Waals surface area contributed by atoms with E-state index >= 15 is 0 Å². The molecule has 1 saturated heterocycles. The van der Waals surface area contributed by atoms with E-state index in [0.29, 0.717) is 36.4 Å². The van der Waals surface area contributed by atoms with Crippen LogP contribution in [0.2, 0.25) is 0 Å². The number of amides is 2. The second kappa shape index (κ2) is 13.2. The van der Waals surface area contributed by atoms with E-state index in [0.717, 1.165) is 23.1 Å². The summed E-state index contributed by atoms with van der Waals surface area (Å²) in [6, 6.07) is 24.3. The van der Waals surface area contributed by atoms with Crippen molar-refractivity contribution in [3.63, 3.8) is 0 Å². The van der Waals surface area contributed by atoms with Crippen LogP contribution in [0, 0.1) is 5.92 Å². The van der Waals surface area contributed by atoms with Crippen LogP contribution in [0.4, 0.5) is 18.0 Å². The van der Waals surface area contributed by atoms with Crippen LogP contribution >= 0.6 is 0 Å². The first kappa shape index (κ1) is 31.8. The van der Waals surface area contributed by atoms with Crippen molar-refractivity contribution in [1.82, 2.24) is 10.2 Å². The van der Waals surface area contributed by atoms with Gasteiger partial charge in [0.1, 0.15) is 17.1 Å². The molecule has 0 aliphatic carbocycles. The molecule has 1 aliphatic rings. The largest absolute Gasteiger partial charge is 0.457 e. The van der Waals surface area contributed by atoms with Gasteiger partial charge in [-0.25, -0.2) is 4.79 Å². The topological polar surface area (TPSA) is 77.1 Å². The van der Waals surface area contributed by atoms with E-state index in [-0.39, 0.29) is 30.2 Å². The molecule has 1 heterocycles. The molecular weight excluding hydrogens is 585 g/mol. The quantitative estimate of drug-likeness (QED) is 0.206. The van der Waals surface area contributed by atoms with Gasteiger partial charge < -0.3 is 24.4 Å². The fourth-order valence-corrected chi connectivity index (χ4v) is 4.99. The summed E-state index contributed by atoms with van der Waals surface area (Å²) in [6.07, 6.45) is -4.82. The van der Waals surface area contributed by atoms with Gasteiger partial charge >= 0.3 is 12.3 Å². The summed E-state index contributed by atoms with van der Waals surface area (Å²) < 4.78 is 56.2. The first-order chi connectivity index (χ1) is 21.4. The Bertz CT molecular complexity index is 1630. The van der Waals surface area contributed by atoms with Crippen LogP contribution in [0.15, 0.2) is 91.0 Å². The second-order valence-electron chi connectivity index (χ2n) is 12.0. The van der Waals surface area contributed by atoms with Gasteiger partial charge in [-0.3, -0.25) is 4.79 Å². The molecule has 4 aromatic carbocycles. The van der Waals surface area contributed by atoms with E-state index in [4.69, 9.17) is 14.2 Å². The van der Waals surface area contributed by atoms with Gasteiger partial charge in [0.05, 0.1) is 24.8 Å². The Morgan fingerprint density at radius 3 is 2.29 bits per heavy atom. The van der Waals surface area contributed by atoms with E-state index < -0.39 is 23.4 Å². The maximum Gasteiger partial charge on any atom is 0.416 e. The standard InChI is InChI=1S/C35H35F3N2O5/c1-34(2,3)45-33(42)40-19-26(20-40)30(22-43-21-23-8-5-4-6-9-23)39-32(41)25-12-17-29-24(18-25)10-7-11-31(29)44-28-15-13-27(14-16-28)35(36,37)38/h4-18,26,30H,19-22H2,1-3H3,(H,39,41)/t30-/m1/s1. The molecule has 10 heteroatoms. The average molecular weight is 621 g/mol. The third-order valence-corrected chi connectivity index (χ3v) is 7.37. The molecule has 0 saturated carbocycles. The molecule has 1 N–H and O–H groups in total. The lowest BCUT2D eigenvalue weighted by Gasteiger charge is -2.43. The summed E-state index contributed by atoms with van der Waals surface area (Å²) in [6.45, 7) is 6.94. The summed E-state index contributed by atoms with van der Waals surface area (Å²) >= 11 is 0. The minimum Gasteiger partial charge on any atom is -0.457 e. The third-order valence-electron chi connectivity index (χ3n) is 7.37. The SMILES string of the molecule is CC(C)(C)OC(=O)N1CC([C@@H](COCc2ccccc2)NC(=O)c2ccc3c(Oc4ccc(C(F)(F)F)cc4)cccc3c2)C1. The Balaban J connectivity index is 1.27. The number of carbonyl (C=O) groups excluding carboxylic acids is 2. The molecule has 0 spiro atoms. The van der Waals surface area contributed by atoms with Gasteiger partial charge in [0.15, 0.2) is 0 Å². The number of nitrogens with one attached hydrogen (secondary N) is 1. The highest BCUT2D eigenvalue weighted by molar-refractivity contribution is 6.00. The summed E-state index contributed by atoms with van der Waals surface area (Å²) in [5.74, 6) is 0.385. The van der Waals surface area contributed by atoms with Gasteiger partial charge in [0.2, 0.25) is 0 Å². The number of halogens is 3. The molecule has 1 atom stereocenters. The Labute approximate surface area is 259 Å². The van der Waals surface area contributed by atoms with E-state index in [9.17, 15) is 22.8 Å². The molecule has 236 valence electrons. The molecule has 5 rings (SSSR count). The van der Waals surface area contributed by atoms with Crippen LogP contribution in [0.1, 0.15) is 42.3 Å². The van der Waals surface area contributed by atoms with Crippen LogP contribution in [-0.4, -0.2) is 48.2 Å². The Hall–Kier alpha value is -4.57. The summed E-state index contributed by atoms with van der Waals surface area (Å²) in [4.78, 5) is 27.6. The van der Waals surface area contributed by atoms with Crippen LogP contribution in [-0.2, 0) is 22.3 Å². The number of hydrogen-bond acceptors (Lipinski definition) is 5.